The first-order valence-corrected chi connectivity index (χ1v) is 7.48. The number of carboxylic acids is 1. The van der Waals surface area contributed by atoms with E-state index in [0.29, 0.717) is 6.42 Å². The molecule has 0 saturated heterocycles. The molecule has 0 amide bonds. The number of ether oxygens (including phenoxy) is 1. The van der Waals surface area contributed by atoms with Gasteiger partial charge in [0.25, 0.3) is 0 Å². The van der Waals surface area contributed by atoms with Crippen molar-refractivity contribution in [3.8, 4) is 11.5 Å². The average Bonchev–Trinajstić information content (AvgIpc) is 2.53. The molecule has 1 N–H and O–H groups in total. The number of nitrogens with zero attached hydrogens (tertiary/aromatic N) is 1. The van der Waals surface area contributed by atoms with E-state index in [1.165, 1.54) is 0 Å². The first-order valence-electron chi connectivity index (χ1n) is 7.48. The van der Waals surface area contributed by atoms with Gasteiger partial charge < -0.3 is 14.7 Å². The molecule has 4 heteroatoms. The highest BCUT2D eigenvalue weighted by Crippen LogP contribution is 2.24. The molecule has 0 aliphatic rings. The Morgan fingerprint density at radius 3 is 2.27 bits per heavy atom. The van der Waals surface area contributed by atoms with E-state index >= 15 is 0 Å². The second-order valence-corrected chi connectivity index (χ2v) is 4.99. The van der Waals surface area contributed by atoms with Gasteiger partial charge in [0.2, 0.25) is 0 Å². The van der Waals surface area contributed by atoms with Gasteiger partial charge in [0, 0.05) is 25.2 Å². The lowest BCUT2D eigenvalue weighted by molar-refractivity contribution is -0.137. The van der Waals surface area contributed by atoms with Gasteiger partial charge in [-0.3, -0.25) is 4.79 Å². The van der Waals surface area contributed by atoms with Crippen molar-refractivity contribution in [3.05, 3.63) is 54.6 Å². The molecule has 0 spiro atoms. The lowest BCUT2D eigenvalue weighted by Crippen LogP contribution is -2.24. The first-order chi connectivity index (χ1) is 10.7. The molecule has 4 nitrogen and oxygen atoms in total. The number of aliphatic carboxylic acids is 1. The minimum atomic E-state index is -0.748. The predicted molar refractivity (Wildman–Crippen MR) is 87.7 cm³/mol. The third kappa shape index (κ3) is 4.81. The van der Waals surface area contributed by atoms with Crippen LogP contribution in [0.3, 0.4) is 0 Å². The molecular weight excluding hydrogens is 278 g/mol. The number of carboxylic acid groups (broad SMARTS) is 1. The number of para-hydroxylation sites is 1. The van der Waals surface area contributed by atoms with Crippen LogP contribution in [0.15, 0.2) is 54.6 Å². The Hall–Kier alpha value is -2.49. The van der Waals surface area contributed by atoms with E-state index in [-0.39, 0.29) is 6.42 Å². The molecular formula is C18H21NO3. The minimum Gasteiger partial charge on any atom is -0.481 e. The van der Waals surface area contributed by atoms with Gasteiger partial charge in [0.15, 0.2) is 0 Å². The van der Waals surface area contributed by atoms with Gasteiger partial charge in [0.1, 0.15) is 11.5 Å². The summed E-state index contributed by atoms with van der Waals surface area (Å²) in [6.45, 7) is 3.65. The summed E-state index contributed by atoms with van der Waals surface area (Å²) in [5.41, 5.74) is 1.08. The fourth-order valence-electron chi connectivity index (χ4n) is 2.24. The van der Waals surface area contributed by atoms with E-state index in [1.54, 1.807) is 0 Å². The molecule has 2 aromatic carbocycles. The van der Waals surface area contributed by atoms with Crippen molar-refractivity contribution in [1.29, 1.82) is 0 Å². The van der Waals surface area contributed by atoms with Gasteiger partial charge in [-0.05, 0) is 49.7 Å². The zero-order valence-corrected chi connectivity index (χ0v) is 12.7. The van der Waals surface area contributed by atoms with Crippen molar-refractivity contribution in [2.24, 2.45) is 0 Å². The summed E-state index contributed by atoms with van der Waals surface area (Å²) in [4.78, 5) is 12.8. The van der Waals surface area contributed by atoms with Gasteiger partial charge in [-0.2, -0.15) is 0 Å². The van der Waals surface area contributed by atoms with Crippen LogP contribution in [-0.2, 0) is 4.79 Å². The molecule has 0 aliphatic carbocycles. The van der Waals surface area contributed by atoms with Gasteiger partial charge in [0.05, 0.1) is 0 Å². The Morgan fingerprint density at radius 2 is 1.68 bits per heavy atom. The number of hydrogen-bond donors (Lipinski definition) is 1. The third-order valence-electron chi connectivity index (χ3n) is 3.38. The molecule has 0 atom stereocenters. The van der Waals surface area contributed by atoms with Crippen LogP contribution in [0.25, 0.3) is 0 Å². The normalized spacial score (nSPS) is 10.2. The zero-order chi connectivity index (χ0) is 15.8. The summed E-state index contributed by atoms with van der Waals surface area (Å²) >= 11 is 0. The Bertz CT molecular complexity index is 581. The Labute approximate surface area is 131 Å². The number of carbonyl (C=O) groups is 1. The first kappa shape index (κ1) is 15.9. The van der Waals surface area contributed by atoms with Crippen molar-refractivity contribution in [1.82, 2.24) is 0 Å². The highest BCUT2D eigenvalue weighted by atomic mass is 16.5. The van der Waals surface area contributed by atoms with E-state index in [1.807, 2.05) is 54.6 Å². The molecule has 116 valence electrons. The lowest BCUT2D eigenvalue weighted by atomic mass is 10.2. The summed E-state index contributed by atoms with van der Waals surface area (Å²) in [7, 11) is 0. The maximum absolute atomic E-state index is 10.6. The molecule has 0 bridgehead atoms. The standard InChI is InChI=1S/C18H21NO3/c1-2-19(14-6-9-18(20)21)15-10-12-17(13-11-15)22-16-7-4-3-5-8-16/h3-5,7-8,10-13H,2,6,9,14H2,1H3,(H,20,21). The Morgan fingerprint density at radius 1 is 1.05 bits per heavy atom. The lowest BCUT2D eigenvalue weighted by Gasteiger charge is -2.23. The van der Waals surface area contributed by atoms with Gasteiger partial charge in [-0.25, -0.2) is 0 Å². The highest BCUT2D eigenvalue weighted by Gasteiger charge is 2.06. The smallest absolute Gasteiger partial charge is 0.303 e. The molecule has 22 heavy (non-hydrogen) atoms. The van der Waals surface area contributed by atoms with E-state index in [0.717, 1.165) is 30.3 Å². The minimum absolute atomic E-state index is 0.200. The summed E-state index contributed by atoms with van der Waals surface area (Å²) in [5.74, 6) is 0.850. The monoisotopic (exact) mass is 299 g/mol. The molecule has 0 radical (unpaired) electrons. The molecule has 0 saturated carbocycles. The SMILES string of the molecule is CCN(CCCC(=O)O)c1ccc(Oc2ccccc2)cc1. The number of anilines is 1. The van der Waals surface area contributed by atoms with Crippen LogP contribution in [0, 0.1) is 0 Å². The highest BCUT2D eigenvalue weighted by molar-refractivity contribution is 5.66. The Kier molecular flexibility index (Phi) is 5.83. The second-order valence-electron chi connectivity index (χ2n) is 4.99. The molecule has 2 rings (SSSR count). The van der Waals surface area contributed by atoms with Crippen LogP contribution >= 0.6 is 0 Å². The number of rotatable bonds is 8. The summed E-state index contributed by atoms with van der Waals surface area (Å²) in [5, 5.41) is 8.71. The second kappa shape index (κ2) is 8.08. The predicted octanol–water partition coefficient (Wildman–Crippen LogP) is 4.17. The molecule has 0 fully saturated rings. The van der Waals surface area contributed by atoms with Crippen molar-refractivity contribution >= 4 is 11.7 Å². The molecule has 0 aromatic heterocycles. The van der Waals surface area contributed by atoms with E-state index in [2.05, 4.69) is 11.8 Å². The van der Waals surface area contributed by atoms with Gasteiger partial charge in [-0.15, -0.1) is 0 Å². The van der Waals surface area contributed by atoms with Crippen molar-refractivity contribution in [2.75, 3.05) is 18.0 Å². The number of benzene rings is 2. The summed E-state index contributed by atoms with van der Waals surface area (Å²) in [6.07, 6.45) is 0.844. The molecule has 0 aliphatic heterocycles. The third-order valence-corrected chi connectivity index (χ3v) is 3.38. The van der Waals surface area contributed by atoms with Crippen LogP contribution in [0.2, 0.25) is 0 Å². The van der Waals surface area contributed by atoms with Crippen LogP contribution < -0.4 is 9.64 Å². The fourth-order valence-corrected chi connectivity index (χ4v) is 2.24. The summed E-state index contributed by atoms with van der Waals surface area (Å²) < 4.78 is 5.76. The maximum atomic E-state index is 10.6. The fraction of sp³-hybridized carbons (Fsp3) is 0.278. The maximum Gasteiger partial charge on any atom is 0.303 e. The molecule has 0 heterocycles. The quantitative estimate of drug-likeness (QED) is 0.794. The van der Waals surface area contributed by atoms with E-state index < -0.39 is 5.97 Å². The zero-order valence-electron chi connectivity index (χ0n) is 12.7. The van der Waals surface area contributed by atoms with Crippen LogP contribution in [0.1, 0.15) is 19.8 Å². The van der Waals surface area contributed by atoms with Crippen molar-refractivity contribution in [3.63, 3.8) is 0 Å². The number of hydrogen-bond acceptors (Lipinski definition) is 3. The Balaban J connectivity index is 1.96. The van der Waals surface area contributed by atoms with Crippen molar-refractivity contribution in [2.45, 2.75) is 19.8 Å². The molecule has 0 unspecified atom stereocenters. The van der Waals surface area contributed by atoms with Gasteiger partial charge in [-0.1, -0.05) is 18.2 Å². The van der Waals surface area contributed by atoms with E-state index in [4.69, 9.17) is 9.84 Å². The van der Waals surface area contributed by atoms with Crippen LogP contribution in [-0.4, -0.2) is 24.2 Å². The van der Waals surface area contributed by atoms with Crippen molar-refractivity contribution < 1.29 is 14.6 Å². The largest absolute Gasteiger partial charge is 0.481 e. The van der Waals surface area contributed by atoms with Gasteiger partial charge >= 0.3 is 5.97 Å². The summed E-state index contributed by atoms with van der Waals surface area (Å²) in [6, 6.07) is 17.5. The molecule has 2 aromatic rings. The van der Waals surface area contributed by atoms with E-state index in [9.17, 15) is 4.79 Å². The average molecular weight is 299 g/mol. The topological polar surface area (TPSA) is 49.8 Å². The van der Waals surface area contributed by atoms with Crippen LogP contribution in [0.5, 0.6) is 11.5 Å². The van der Waals surface area contributed by atoms with Crippen LogP contribution in [0.4, 0.5) is 5.69 Å².